The quantitative estimate of drug-likeness (QED) is 0.581. The van der Waals surface area contributed by atoms with Crippen molar-refractivity contribution >= 4 is 17.7 Å². The van der Waals surface area contributed by atoms with E-state index in [-0.39, 0.29) is 36.9 Å². The van der Waals surface area contributed by atoms with E-state index in [4.69, 9.17) is 4.74 Å². The molecule has 0 radical (unpaired) electrons. The molecule has 0 aliphatic carbocycles. The predicted octanol–water partition coefficient (Wildman–Crippen LogP) is -0.596. The van der Waals surface area contributed by atoms with Gasteiger partial charge in [-0.25, -0.2) is 0 Å². The van der Waals surface area contributed by atoms with Crippen LogP contribution >= 0.6 is 0 Å². The number of aliphatic hydroxyl groups excluding tert-OH is 1. The van der Waals surface area contributed by atoms with Gasteiger partial charge in [0.25, 0.3) is 0 Å². The molecule has 1 spiro atoms. The highest BCUT2D eigenvalue weighted by Gasteiger charge is 2.77. The highest BCUT2D eigenvalue weighted by Crippen LogP contribution is 2.63. The molecule has 8 heteroatoms. The lowest BCUT2D eigenvalue weighted by atomic mass is 9.66. The van der Waals surface area contributed by atoms with Gasteiger partial charge in [0.05, 0.1) is 17.4 Å². The van der Waals surface area contributed by atoms with Crippen LogP contribution in [0.3, 0.4) is 0 Å². The lowest BCUT2D eigenvalue weighted by Crippen LogP contribution is -2.56. The van der Waals surface area contributed by atoms with Crippen LogP contribution in [-0.2, 0) is 19.1 Å². The molecule has 3 N–H and O–H groups in total. The summed E-state index contributed by atoms with van der Waals surface area (Å²) in [5.41, 5.74) is -1.71. The molecular formula is C18H29N3O5. The average molecular weight is 367 g/mol. The molecule has 0 aromatic heterocycles. The van der Waals surface area contributed by atoms with Gasteiger partial charge < -0.3 is 25.4 Å². The van der Waals surface area contributed by atoms with Crippen molar-refractivity contribution in [1.82, 2.24) is 15.5 Å². The fraction of sp³-hybridized carbons (Fsp3) is 0.833. The molecule has 2 unspecified atom stereocenters. The summed E-state index contributed by atoms with van der Waals surface area (Å²) in [6.07, 6.45) is 1.58. The molecule has 3 aliphatic heterocycles. The normalized spacial score (nSPS) is 38.0. The number of hydrogen-bond donors (Lipinski definition) is 3. The topological polar surface area (TPSA) is 108 Å². The molecule has 0 saturated carbocycles. The van der Waals surface area contributed by atoms with Crippen molar-refractivity contribution in [3.05, 3.63) is 0 Å². The molecular weight excluding hydrogens is 338 g/mol. The van der Waals surface area contributed by atoms with E-state index in [9.17, 15) is 19.5 Å². The Bertz CT molecular complexity index is 624. The second kappa shape index (κ2) is 6.49. The molecule has 0 aromatic carbocycles. The summed E-state index contributed by atoms with van der Waals surface area (Å²) in [6.45, 7) is 5.79. The summed E-state index contributed by atoms with van der Waals surface area (Å²) in [5.74, 6) is -1.97. The van der Waals surface area contributed by atoms with E-state index in [1.165, 1.54) is 4.90 Å². The first kappa shape index (κ1) is 19.1. The minimum Gasteiger partial charge on any atom is -0.396 e. The molecule has 3 heterocycles. The van der Waals surface area contributed by atoms with Crippen LogP contribution in [0.15, 0.2) is 0 Å². The monoisotopic (exact) mass is 367 g/mol. The Labute approximate surface area is 153 Å². The summed E-state index contributed by atoms with van der Waals surface area (Å²) in [5, 5.41) is 14.7. The Morgan fingerprint density at radius 1 is 1.35 bits per heavy atom. The summed E-state index contributed by atoms with van der Waals surface area (Å²) in [6, 6.07) is -0.845. The SMILES string of the molecule is CNC(=O)[C@@H]1[C@H]2C(=O)N(CCCO)C(C(=O)NC(C)C)C23CC[C@@]1(C)O3. The molecule has 26 heavy (non-hydrogen) atoms. The lowest BCUT2D eigenvalue weighted by Gasteiger charge is -2.33. The van der Waals surface area contributed by atoms with E-state index in [1.807, 2.05) is 20.8 Å². The Hall–Kier alpha value is -1.67. The predicted molar refractivity (Wildman–Crippen MR) is 93.0 cm³/mol. The van der Waals surface area contributed by atoms with Crippen LogP contribution in [0.5, 0.6) is 0 Å². The largest absolute Gasteiger partial charge is 0.396 e. The van der Waals surface area contributed by atoms with Crippen molar-refractivity contribution in [1.29, 1.82) is 0 Å². The Balaban J connectivity index is 2.03. The van der Waals surface area contributed by atoms with Crippen molar-refractivity contribution in [2.24, 2.45) is 11.8 Å². The minimum absolute atomic E-state index is 0.0720. The fourth-order valence-electron chi connectivity index (χ4n) is 5.13. The average Bonchev–Trinajstić information content (AvgIpc) is 3.13. The highest BCUT2D eigenvalue weighted by atomic mass is 16.5. The van der Waals surface area contributed by atoms with Gasteiger partial charge in [-0.05, 0) is 40.0 Å². The van der Waals surface area contributed by atoms with E-state index >= 15 is 0 Å². The van der Waals surface area contributed by atoms with Gasteiger partial charge in [-0.3, -0.25) is 14.4 Å². The molecule has 146 valence electrons. The maximum absolute atomic E-state index is 13.3. The third-order valence-electron chi connectivity index (χ3n) is 6.04. The first-order chi connectivity index (χ1) is 12.2. The second-order valence-electron chi connectivity index (χ2n) is 8.11. The number of nitrogens with one attached hydrogen (secondary N) is 2. The number of ether oxygens (including phenoxy) is 1. The van der Waals surface area contributed by atoms with E-state index in [0.717, 1.165) is 0 Å². The van der Waals surface area contributed by atoms with Gasteiger partial charge in [-0.15, -0.1) is 0 Å². The van der Waals surface area contributed by atoms with Crippen molar-refractivity contribution in [2.75, 3.05) is 20.2 Å². The van der Waals surface area contributed by atoms with Gasteiger partial charge >= 0.3 is 0 Å². The van der Waals surface area contributed by atoms with Crippen molar-refractivity contribution in [3.63, 3.8) is 0 Å². The van der Waals surface area contributed by atoms with Gasteiger partial charge in [0.2, 0.25) is 17.7 Å². The number of fused-ring (bicyclic) bond motifs is 1. The zero-order valence-corrected chi connectivity index (χ0v) is 15.9. The van der Waals surface area contributed by atoms with Gasteiger partial charge in [0, 0.05) is 26.2 Å². The van der Waals surface area contributed by atoms with E-state index < -0.39 is 29.1 Å². The van der Waals surface area contributed by atoms with Gasteiger partial charge in [-0.1, -0.05) is 0 Å². The number of aliphatic hydroxyl groups is 1. The van der Waals surface area contributed by atoms with Crippen LogP contribution in [0.25, 0.3) is 0 Å². The van der Waals surface area contributed by atoms with Crippen LogP contribution in [0.1, 0.15) is 40.0 Å². The molecule has 3 saturated heterocycles. The molecule has 3 amide bonds. The molecule has 0 aromatic rings. The van der Waals surface area contributed by atoms with Crippen LogP contribution in [0, 0.1) is 11.8 Å². The summed E-state index contributed by atoms with van der Waals surface area (Å²) >= 11 is 0. The van der Waals surface area contributed by atoms with Crippen LogP contribution in [0.2, 0.25) is 0 Å². The number of amides is 3. The van der Waals surface area contributed by atoms with Gasteiger partial charge in [0.15, 0.2) is 0 Å². The van der Waals surface area contributed by atoms with Crippen molar-refractivity contribution < 1.29 is 24.2 Å². The van der Waals surface area contributed by atoms with Crippen LogP contribution < -0.4 is 10.6 Å². The van der Waals surface area contributed by atoms with E-state index in [2.05, 4.69) is 10.6 Å². The Kier molecular flexibility index (Phi) is 4.77. The van der Waals surface area contributed by atoms with Gasteiger partial charge in [0.1, 0.15) is 11.6 Å². The van der Waals surface area contributed by atoms with Crippen LogP contribution in [0.4, 0.5) is 0 Å². The summed E-state index contributed by atoms with van der Waals surface area (Å²) < 4.78 is 6.36. The molecule has 3 rings (SSSR count). The first-order valence-corrected chi connectivity index (χ1v) is 9.35. The molecule has 8 nitrogen and oxygen atoms in total. The van der Waals surface area contributed by atoms with Crippen molar-refractivity contribution in [3.8, 4) is 0 Å². The molecule has 5 atom stereocenters. The lowest BCUT2D eigenvalue weighted by molar-refractivity contribution is -0.146. The van der Waals surface area contributed by atoms with Crippen LogP contribution in [-0.4, -0.2) is 71.2 Å². The first-order valence-electron chi connectivity index (χ1n) is 9.35. The number of carbonyl (C=O) groups is 3. The minimum atomic E-state index is -0.975. The highest BCUT2D eigenvalue weighted by molar-refractivity contribution is 5.99. The Morgan fingerprint density at radius 3 is 2.62 bits per heavy atom. The molecule has 3 aliphatic rings. The number of nitrogens with zero attached hydrogens (tertiary/aromatic N) is 1. The van der Waals surface area contributed by atoms with Gasteiger partial charge in [-0.2, -0.15) is 0 Å². The summed E-state index contributed by atoms with van der Waals surface area (Å²) in [4.78, 5) is 40.3. The van der Waals surface area contributed by atoms with E-state index in [1.54, 1.807) is 7.05 Å². The molecule has 3 fully saturated rings. The number of carbonyl (C=O) groups excluding carboxylic acids is 3. The molecule has 2 bridgehead atoms. The third kappa shape index (κ3) is 2.53. The standard InChI is InChI=1S/C18H29N3O5/c1-10(2)20-15(24)13-18-7-6-17(3,26-18)11(14(23)19-4)12(18)16(25)21(13)8-5-9-22/h10-13,22H,5-9H2,1-4H3,(H,19,23)(H,20,24)/t11-,12-,13?,17+,18?/m0/s1. The number of rotatable bonds is 6. The third-order valence-corrected chi connectivity index (χ3v) is 6.04. The van der Waals surface area contributed by atoms with E-state index in [0.29, 0.717) is 19.3 Å². The second-order valence-corrected chi connectivity index (χ2v) is 8.11. The van der Waals surface area contributed by atoms with Crippen molar-refractivity contribution in [2.45, 2.75) is 63.3 Å². The summed E-state index contributed by atoms with van der Waals surface area (Å²) in [7, 11) is 1.55. The zero-order chi connectivity index (χ0) is 19.3. The number of hydrogen-bond acceptors (Lipinski definition) is 5. The Morgan fingerprint density at radius 2 is 2.04 bits per heavy atom. The fourth-order valence-corrected chi connectivity index (χ4v) is 5.13. The maximum atomic E-state index is 13.3. The maximum Gasteiger partial charge on any atom is 0.246 e. The number of likely N-dealkylation sites (tertiary alicyclic amines) is 1. The smallest absolute Gasteiger partial charge is 0.246 e. The zero-order valence-electron chi connectivity index (χ0n) is 15.9.